The lowest BCUT2D eigenvalue weighted by molar-refractivity contribution is -0.137. The number of aromatic nitrogens is 1. The average Bonchev–Trinajstić information content (AvgIpc) is 3.29. The number of aliphatic hydroxyl groups is 1. The second-order valence-corrected chi connectivity index (χ2v) is 10.9. The van der Waals surface area contributed by atoms with Gasteiger partial charge in [0.25, 0.3) is 0 Å². The molecular weight excluding hydrogens is 523 g/mol. The summed E-state index contributed by atoms with van der Waals surface area (Å²) in [6.07, 6.45) is -2.32. The molecule has 218 valence electrons. The Labute approximate surface area is 233 Å². The number of likely N-dealkylation sites (N-methyl/N-ethyl adjacent to an activating group) is 1. The Kier molecular flexibility index (Phi) is 9.04. The topological polar surface area (TPSA) is 80.2 Å². The van der Waals surface area contributed by atoms with Crippen LogP contribution in [0.3, 0.4) is 0 Å². The summed E-state index contributed by atoms with van der Waals surface area (Å²) in [5.74, 6) is -0.491. The van der Waals surface area contributed by atoms with Crippen LogP contribution in [0.15, 0.2) is 30.3 Å². The number of benzene rings is 1. The molecule has 2 amide bonds. The number of β-amino-alcohol motifs (C(OH)–C–C–N with tert-alkyl or cyclic N) is 1. The summed E-state index contributed by atoms with van der Waals surface area (Å²) in [7, 11) is 3.65. The molecule has 0 aliphatic carbocycles. The second kappa shape index (κ2) is 12.1. The first-order valence-corrected chi connectivity index (χ1v) is 13.7. The number of halogens is 3. The first-order valence-electron chi connectivity index (χ1n) is 13.7. The van der Waals surface area contributed by atoms with E-state index in [2.05, 4.69) is 14.8 Å². The lowest BCUT2D eigenvalue weighted by Gasteiger charge is -2.36. The number of likely N-dealkylation sites (tertiary alicyclic amines) is 1. The number of hydrogen-bond donors (Lipinski definition) is 1. The van der Waals surface area contributed by atoms with Crippen LogP contribution in [-0.2, 0) is 15.8 Å². The number of hydrogen-bond acceptors (Lipinski definition) is 6. The highest BCUT2D eigenvalue weighted by molar-refractivity contribution is 6.09. The molecule has 0 saturated carbocycles. The van der Waals surface area contributed by atoms with Crippen molar-refractivity contribution >= 4 is 29.0 Å². The number of rotatable bonds is 8. The van der Waals surface area contributed by atoms with Gasteiger partial charge >= 0.3 is 6.18 Å². The number of para-hydroxylation sites is 1. The lowest BCUT2D eigenvalue weighted by Crippen LogP contribution is -2.46. The number of alkyl halides is 3. The molecule has 1 atom stereocenters. The highest BCUT2D eigenvalue weighted by Crippen LogP contribution is 2.37. The molecule has 3 heterocycles. The first-order chi connectivity index (χ1) is 18.9. The Morgan fingerprint density at radius 3 is 2.48 bits per heavy atom. The zero-order valence-electron chi connectivity index (χ0n) is 23.5. The van der Waals surface area contributed by atoms with Crippen LogP contribution < -0.4 is 14.7 Å². The van der Waals surface area contributed by atoms with Gasteiger partial charge in [-0.25, -0.2) is 4.98 Å². The van der Waals surface area contributed by atoms with E-state index in [1.807, 2.05) is 32.2 Å². The van der Waals surface area contributed by atoms with Gasteiger partial charge in [-0.1, -0.05) is 12.1 Å². The van der Waals surface area contributed by atoms with Crippen molar-refractivity contribution in [2.45, 2.75) is 51.7 Å². The lowest BCUT2D eigenvalue weighted by atomic mass is 9.95. The number of anilines is 3. The molecule has 1 unspecified atom stereocenters. The molecule has 2 aromatic rings. The Bertz CT molecular complexity index is 1230. The van der Waals surface area contributed by atoms with E-state index >= 15 is 0 Å². The fourth-order valence-corrected chi connectivity index (χ4v) is 5.91. The SMILES string of the molecule is Cc1cc(C(F)(F)F)cc(N2C(=O)CCC2C(=O)N(C)c2cccc(C)c2N(C)CC2CCN(CCO)CC2)n1. The van der Waals surface area contributed by atoms with Gasteiger partial charge in [0.2, 0.25) is 11.8 Å². The minimum absolute atomic E-state index is 0.0524. The van der Waals surface area contributed by atoms with Crippen LogP contribution in [0, 0.1) is 19.8 Å². The van der Waals surface area contributed by atoms with Crippen LogP contribution in [0.25, 0.3) is 0 Å². The number of amides is 2. The molecule has 40 heavy (non-hydrogen) atoms. The van der Waals surface area contributed by atoms with Crippen molar-refractivity contribution in [2.24, 2.45) is 5.92 Å². The maximum Gasteiger partial charge on any atom is 0.416 e. The van der Waals surface area contributed by atoms with Gasteiger partial charge in [0.1, 0.15) is 11.9 Å². The molecule has 11 heteroatoms. The summed E-state index contributed by atoms with van der Waals surface area (Å²) < 4.78 is 40.5. The van der Waals surface area contributed by atoms with Crippen LogP contribution in [0.2, 0.25) is 0 Å². The molecule has 2 aliphatic heterocycles. The van der Waals surface area contributed by atoms with E-state index in [0.29, 0.717) is 18.2 Å². The van der Waals surface area contributed by atoms with Crippen molar-refractivity contribution in [3.63, 3.8) is 0 Å². The van der Waals surface area contributed by atoms with E-state index in [0.717, 1.165) is 60.8 Å². The van der Waals surface area contributed by atoms with E-state index in [1.54, 1.807) is 7.05 Å². The van der Waals surface area contributed by atoms with E-state index < -0.39 is 23.7 Å². The third-order valence-electron chi connectivity index (χ3n) is 7.96. The highest BCUT2D eigenvalue weighted by atomic mass is 19.4. The number of pyridine rings is 1. The first kappa shape index (κ1) is 29.8. The van der Waals surface area contributed by atoms with Crippen LogP contribution in [0.4, 0.5) is 30.4 Å². The van der Waals surface area contributed by atoms with Gasteiger partial charge in [0, 0.05) is 39.3 Å². The molecule has 0 spiro atoms. The van der Waals surface area contributed by atoms with Crippen molar-refractivity contribution in [3.05, 3.63) is 47.2 Å². The zero-order valence-corrected chi connectivity index (χ0v) is 23.5. The van der Waals surface area contributed by atoms with Crippen molar-refractivity contribution in [3.8, 4) is 0 Å². The summed E-state index contributed by atoms with van der Waals surface area (Å²) >= 11 is 0. The van der Waals surface area contributed by atoms with Gasteiger partial charge in [-0.3, -0.25) is 14.5 Å². The zero-order chi connectivity index (χ0) is 29.2. The smallest absolute Gasteiger partial charge is 0.395 e. The van der Waals surface area contributed by atoms with Crippen LogP contribution >= 0.6 is 0 Å². The van der Waals surface area contributed by atoms with Gasteiger partial charge in [0.15, 0.2) is 0 Å². The minimum atomic E-state index is -4.60. The standard InChI is InChI=1S/C29H38F3N5O3/c1-19-6-5-7-23(27(19)34(3)18-21-10-12-36(13-11-21)14-15-38)35(4)28(40)24-8-9-26(39)37(24)25-17-22(29(30,31)32)16-20(2)33-25/h5-7,16-17,21,24,38H,8-15,18H2,1-4H3. The maximum absolute atomic E-state index is 13.9. The molecule has 2 saturated heterocycles. The summed E-state index contributed by atoms with van der Waals surface area (Å²) in [6.45, 7) is 6.94. The van der Waals surface area contributed by atoms with Gasteiger partial charge in [0.05, 0.1) is 23.5 Å². The Balaban J connectivity index is 1.57. The minimum Gasteiger partial charge on any atom is -0.395 e. The number of carbonyl (C=O) groups excluding carboxylic acids is 2. The second-order valence-electron chi connectivity index (χ2n) is 10.9. The molecule has 1 aromatic heterocycles. The predicted octanol–water partition coefficient (Wildman–Crippen LogP) is 4.02. The van der Waals surface area contributed by atoms with E-state index in [1.165, 1.54) is 11.8 Å². The molecule has 4 rings (SSSR count). The molecular formula is C29H38F3N5O3. The van der Waals surface area contributed by atoms with Gasteiger partial charge in [-0.2, -0.15) is 13.2 Å². The summed E-state index contributed by atoms with van der Waals surface area (Å²) in [5, 5.41) is 9.21. The largest absolute Gasteiger partial charge is 0.416 e. The van der Waals surface area contributed by atoms with Gasteiger partial charge in [-0.15, -0.1) is 0 Å². The summed E-state index contributed by atoms with van der Waals surface area (Å²) in [5.41, 5.74) is 1.79. The molecule has 0 radical (unpaired) electrons. The Morgan fingerprint density at radius 1 is 1.12 bits per heavy atom. The number of piperidine rings is 1. The van der Waals surface area contributed by atoms with Crippen LogP contribution in [0.1, 0.15) is 42.5 Å². The van der Waals surface area contributed by atoms with Crippen molar-refractivity contribution < 1.29 is 27.9 Å². The molecule has 2 fully saturated rings. The van der Waals surface area contributed by atoms with E-state index in [9.17, 15) is 27.9 Å². The monoisotopic (exact) mass is 561 g/mol. The highest BCUT2D eigenvalue weighted by Gasteiger charge is 2.41. The Hall–Kier alpha value is -3.18. The third-order valence-corrected chi connectivity index (χ3v) is 7.96. The molecule has 1 aromatic carbocycles. The molecule has 1 N–H and O–H groups in total. The molecule has 2 aliphatic rings. The predicted molar refractivity (Wildman–Crippen MR) is 149 cm³/mol. The Morgan fingerprint density at radius 2 is 1.82 bits per heavy atom. The number of aliphatic hydroxyl groups excluding tert-OH is 1. The fraction of sp³-hybridized carbons (Fsp3) is 0.552. The average molecular weight is 562 g/mol. The molecule has 0 bridgehead atoms. The number of carbonyl (C=O) groups is 2. The van der Waals surface area contributed by atoms with E-state index in [-0.39, 0.29) is 36.9 Å². The maximum atomic E-state index is 13.9. The van der Waals surface area contributed by atoms with Crippen LogP contribution in [0.5, 0.6) is 0 Å². The van der Waals surface area contributed by atoms with Crippen molar-refractivity contribution in [1.82, 2.24) is 9.88 Å². The normalized spacial score (nSPS) is 18.9. The number of aryl methyl sites for hydroxylation is 2. The summed E-state index contributed by atoms with van der Waals surface area (Å²) in [6, 6.07) is 6.52. The summed E-state index contributed by atoms with van der Waals surface area (Å²) in [4.78, 5) is 38.0. The van der Waals surface area contributed by atoms with Crippen molar-refractivity contribution in [1.29, 1.82) is 0 Å². The quantitative estimate of drug-likeness (QED) is 0.525. The van der Waals surface area contributed by atoms with Crippen LogP contribution in [-0.4, -0.2) is 79.7 Å². The fourth-order valence-electron chi connectivity index (χ4n) is 5.91. The van der Waals surface area contributed by atoms with Crippen molar-refractivity contribution in [2.75, 3.05) is 61.6 Å². The van der Waals surface area contributed by atoms with Gasteiger partial charge < -0.3 is 19.8 Å². The van der Waals surface area contributed by atoms with E-state index in [4.69, 9.17) is 0 Å². The molecule has 8 nitrogen and oxygen atoms in total. The third kappa shape index (κ3) is 6.41. The number of nitrogens with zero attached hydrogens (tertiary/aromatic N) is 5. The van der Waals surface area contributed by atoms with Gasteiger partial charge in [-0.05, 0) is 75.9 Å².